The molecule has 2 aromatic heterocycles. The number of fused-ring (bicyclic) bond motifs is 5. The molecule has 0 spiro atoms. The van der Waals surface area contributed by atoms with E-state index in [0.717, 1.165) is 21.8 Å². The fourth-order valence-corrected chi connectivity index (χ4v) is 7.52. The van der Waals surface area contributed by atoms with Gasteiger partial charge in [-0.25, -0.2) is 0 Å². The van der Waals surface area contributed by atoms with Crippen molar-refractivity contribution in [3.05, 3.63) is 134 Å². The zero-order valence-electron chi connectivity index (χ0n) is 22.6. The van der Waals surface area contributed by atoms with Crippen LogP contribution in [0, 0.1) is 0 Å². The molecular formula is C40H22N2. The first-order valence-electron chi connectivity index (χ1n) is 14.4. The molecule has 0 atom stereocenters. The van der Waals surface area contributed by atoms with E-state index in [0.29, 0.717) is 0 Å². The Bertz CT molecular complexity index is 2740. The number of benzene rings is 7. The van der Waals surface area contributed by atoms with Crippen LogP contribution in [0.15, 0.2) is 134 Å². The number of rotatable bonds is 1. The Morgan fingerprint density at radius 1 is 0.310 bits per heavy atom. The summed E-state index contributed by atoms with van der Waals surface area (Å²) in [6.45, 7) is 0. The molecule has 0 fully saturated rings. The third-order valence-electron chi connectivity index (χ3n) is 9.22. The molecule has 0 aliphatic carbocycles. The van der Waals surface area contributed by atoms with Gasteiger partial charge in [-0.3, -0.25) is 9.97 Å². The first-order chi connectivity index (χ1) is 20.8. The van der Waals surface area contributed by atoms with Crippen molar-refractivity contribution in [3.8, 4) is 11.1 Å². The quantitative estimate of drug-likeness (QED) is 0.197. The van der Waals surface area contributed by atoms with Crippen molar-refractivity contribution in [2.24, 2.45) is 0 Å². The first-order valence-corrected chi connectivity index (χ1v) is 14.4. The summed E-state index contributed by atoms with van der Waals surface area (Å²) in [7, 11) is 0. The molecular weight excluding hydrogens is 508 g/mol. The van der Waals surface area contributed by atoms with Gasteiger partial charge in [-0.1, -0.05) is 97.1 Å². The van der Waals surface area contributed by atoms with E-state index in [2.05, 4.69) is 109 Å². The summed E-state index contributed by atoms with van der Waals surface area (Å²) < 4.78 is 0. The molecule has 2 heteroatoms. The minimum atomic E-state index is 0.940. The van der Waals surface area contributed by atoms with Gasteiger partial charge in [0.25, 0.3) is 0 Å². The molecule has 0 aliphatic rings. The lowest BCUT2D eigenvalue weighted by molar-refractivity contribution is 1.37. The maximum atomic E-state index is 4.82. The Kier molecular flexibility index (Phi) is 4.21. The van der Waals surface area contributed by atoms with Crippen LogP contribution in [-0.4, -0.2) is 9.97 Å². The van der Waals surface area contributed by atoms with Crippen molar-refractivity contribution in [2.45, 2.75) is 0 Å². The number of pyridine rings is 2. The van der Waals surface area contributed by atoms with Crippen molar-refractivity contribution in [1.29, 1.82) is 0 Å². The number of aromatic nitrogens is 2. The average Bonchev–Trinajstić information content (AvgIpc) is 3.05. The van der Waals surface area contributed by atoms with Crippen LogP contribution < -0.4 is 0 Å². The van der Waals surface area contributed by atoms with Gasteiger partial charge in [-0.15, -0.1) is 0 Å². The van der Waals surface area contributed by atoms with Crippen LogP contribution in [0.3, 0.4) is 0 Å². The van der Waals surface area contributed by atoms with E-state index in [4.69, 9.17) is 9.97 Å². The third kappa shape index (κ3) is 2.78. The summed E-state index contributed by atoms with van der Waals surface area (Å²) in [5, 5.41) is 17.7. The lowest BCUT2D eigenvalue weighted by Gasteiger charge is -2.18. The van der Waals surface area contributed by atoms with E-state index >= 15 is 0 Å². The van der Waals surface area contributed by atoms with Gasteiger partial charge in [0.15, 0.2) is 0 Å². The highest BCUT2D eigenvalue weighted by molar-refractivity contribution is 6.38. The van der Waals surface area contributed by atoms with Gasteiger partial charge in [0.2, 0.25) is 0 Å². The predicted octanol–water partition coefficient (Wildman–Crippen LogP) is 10.8. The van der Waals surface area contributed by atoms with Crippen molar-refractivity contribution < 1.29 is 0 Å². The Balaban J connectivity index is 1.52. The van der Waals surface area contributed by atoms with Gasteiger partial charge < -0.3 is 0 Å². The second kappa shape index (κ2) is 7.99. The molecule has 0 amide bonds. The Hall–Kier alpha value is -5.60. The maximum absolute atomic E-state index is 4.82. The van der Waals surface area contributed by atoms with Crippen molar-refractivity contribution in [3.63, 3.8) is 0 Å². The van der Waals surface area contributed by atoms with E-state index in [9.17, 15) is 0 Å². The molecule has 2 heterocycles. The Morgan fingerprint density at radius 3 is 1.48 bits per heavy atom. The topological polar surface area (TPSA) is 25.8 Å². The van der Waals surface area contributed by atoms with E-state index < -0.39 is 0 Å². The number of hydrogen-bond acceptors (Lipinski definition) is 2. The van der Waals surface area contributed by atoms with Crippen LogP contribution in [0.4, 0.5) is 0 Å². The van der Waals surface area contributed by atoms with Crippen LogP contribution in [0.25, 0.3) is 97.6 Å². The minimum absolute atomic E-state index is 0.940. The molecule has 0 saturated carbocycles. The highest BCUT2D eigenvalue weighted by atomic mass is 14.7. The summed E-state index contributed by atoms with van der Waals surface area (Å²) in [5.74, 6) is 0. The molecule has 0 bridgehead atoms. The van der Waals surface area contributed by atoms with Crippen LogP contribution in [0.5, 0.6) is 0 Å². The molecule has 42 heavy (non-hydrogen) atoms. The molecule has 10 aromatic rings. The van der Waals surface area contributed by atoms with Crippen LogP contribution >= 0.6 is 0 Å². The maximum Gasteiger partial charge on any atom is 0.0970 e. The number of hydrogen-bond donors (Lipinski definition) is 0. The van der Waals surface area contributed by atoms with E-state index in [-0.39, 0.29) is 0 Å². The van der Waals surface area contributed by atoms with Gasteiger partial charge in [-0.2, -0.15) is 0 Å². The fourth-order valence-electron chi connectivity index (χ4n) is 7.52. The highest BCUT2D eigenvalue weighted by Gasteiger charge is 2.19. The van der Waals surface area contributed by atoms with Gasteiger partial charge >= 0.3 is 0 Å². The van der Waals surface area contributed by atoms with E-state index in [1.165, 1.54) is 75.8 Å². The molecule has 8 aromatic carbocycles. The van der Waals surface area contributed by atoms with Crippen LogP contribution in [0.2, 0.25) is 0 Å². The number of nitrogens with zero attached hydrogens (tertiary/aromatic N) is 2. The predicted molar refractivity (Wildman–Crippen MR) is 179 cm³/mol. The monoisotopic (exact) mass is 530 g/mol. The second-order valence-corrected chi connectivity index (χ2v) is 11.3. The van der Waals surface area contributed by atoms with E-state index in [1.54, 1.807) is 0 Å². The highest BCUT2D eigenvalue weighted by Crippen LogP contribution is 2.46. The van der Waals surface area contributed by atoms with Crippen LogP contribution in [-0.2, 0) is 0 Å². The van der Waals surface area contributed by atoms with Crippen molar-refractivity contribution in [1.82, 2.24) is 9.97 Å². The zero-order valence-corrected chi connectivity index (χ0v) is 22.6. The summed E-state index contributed by atoms with van der Waals surface area (Å²) >= 11 is 0. The molecule has 10 rings (SSSR count). The Morgan fingerprint density at radius 2 is 0.762 bits per heavy atom. The normalized spacial score (nSPS) is 12.3. The fraction of sp³-hybridized carbons (Fsp3) is 0. The minimum Gasteiger partial charge on any atom is -0.254 e. The summed E-state index contributed by atoms with van der Waals surface area (Å²) in [5.41, 5.74) is 4.29. The van der Waals surface area contributed by atoms with Gasteiger partial charge in [0.05, 0.1) is 11.0 Å². The smallest absolute Gasteiger partial charge is 0.0970 e. The summed E-state index contributed by atoms with van der Waals surface area (Å²) in [6, 6.07) is 44.7. The summed E-state index contributed by atoms with van der Waals surface area (Å²) in [6.07, 6.45) is 3.72. The molecule has 2 nitrogen and oxygen atoms in total. The molecule has 192 valence electrons. The van der Waals surface area contributed by atoms with Gasteiger partial charge in [0.1, 0.15) is 0 Å². The molecule has 0 aliphatic heterocycles. The van der Waals surface area contributed by atoms with Gasteiger partial charge in [-0.05, 0) is 100 Å². The molecule has 0 unspecified atom stereocenters. The largest absolute Gasteiger partial charge is 0.254 e. The average molecular weight is 531 g/mol. The zero-order chi connectivity index (χ0) is 27.4. The lowest BCUT2D eigenvalue weighted by Crippen LogP contribution is -1.92. The van der Waals surface area contributed by atoms with Crippen molar-refractivity contribution >= 4 is 86.4 Å². The molecule has 0 N–H and O–H groups in total. The second-order valence-electron chi connectivity index (χ2n) is 11.3. The molecule has 0 radical (unpaired) electrons. The third-order valence-corrected chi connectivity index (χ3v) is 9.22. The Labute approximate surface area is 240 Å². The molecule has 0 saturated heterocycles. The lowest BCUT2D eigenvalue weighted by atomic mass is 9.85. The van der Waals surface area contributed by atoms with Crippen LogP contribution in [0.1, 0.15) is 0 Å². The standard InChI is InChI=1S/C40H22N2/c1-7-23-17-18-24-8-2-12-29-30-14-4-15-31-33(34-22-26-10-5-19-41-39(26)40-32(34)16-6-20-42-40)21-25-9-3-13-28(37(25)38(30)31)27(11-1)35(23)36(24)29/h1-22H. The SMILES string of the molecule is c1cnc2c(c1)cc(-c1cc3cccc4c5cccc6ccc7cccc(c8cccc1c8c34)c7c65)c1cccnc12. The van der Waals surface area contributed by atoms with Gasteiger partial charge in [0, 0.05) is 23.2 Å². The van der Waals surface area contributed by atoms with E-state index in [1.807, 2.05) is 24.5 Å². The summed E-state index contributed by atoms with van der Waals surface area (Å²) in [4.78, 5) is 9.53. The first kappa shape index (κ1) is 22.1. The van der Waals surface area contributed by atoms with Crippen molar-refractivity contribution in [2.75, 3.05) is 0 Å².